The minimum absolute atomic E-state index is 0.0179. The summed E-state index contributed by atoms with van der Waals surface area (Å²) in [5.74, 6) is 1.26. The number of barbiturate groups is 1. The zero-order valence-electron chi connectivity index (χ0n) is 16.1. The molecule has 6 nitrogen and oxygen atoms in total. The van der Waals surface area contributed by atoms with Crippen LogP contribution < -0.4 is 15.0 Å². The highest BCUT2D eigenvalue weighted by Gasteiger charge is 2.37. The molecule has 1 aliphatic heterocycles. The number of nitrogens with one attached hydrogen (secondary N) is 1. The van der Waals surface area contributed by atoms with E-state index in [4.69, 9.17) is 22.8 Å². The maximum Gasteiger partial charge on any atom is 0.335 e. The van der Waals surface area contributed by atoms with E-state index in [1.165, 1.54) is 18.2 Å². The Morgan fingerprint density at radius 2 is 1.77 bits per heavy atom. The number of urea groups is 1. The summed E-state index contributed by atoms with van der Waals surface area (Å²) in [6.07, 6.45) is 6.73. The van der Waals surface area contributed by atoms with Crippen LogP contribution in [0.25, 0.3) is 16.8 Å². The van der Waals surface area contributed by atoms with Crippen LogP contribution in [0.1, 0.15) is 5.56 Å². The minimum atomic E-state index is -0.837. The standard InChI is InChI=1S/C24H15ClN2O4/c1-2-13-31-21-12-7-15-5-3-4-6-18(15)19(21)14-20-22(28)26-24(30)27(23(20)29)17-10-8-16(25)9-11-17/h1,3-12,14H,13H2,(H,26,28,30)/b20-14+. The van der Waals surface area contributed by atoms with Crippen molar-refractivity contribution in [3.05, 3.63) is 76.8 Å². The summed E-state index contributed by atoms with van der Waals surface area (Å²) in [6, 6.07) is 16.3. The lowest BCUT2D eigenvalue weighted by atomic mass is 9.99. The van der Waals surface area contributed by atoms with Crippen LogP contribution in [0.15, 0.2) is 66.2 Å². The summed E-state index contributed by atoms with van der Waals surface area (Å²) in [7, 11) is 0. The van der Waals surface area contributed by atoms with Crippen LogP contribution in [0.5, 0.6) is 5.75 Å². The van der Waals surface area contributed by atoms with Crippen LogP contribution in [0.4, 0.5) is 10.5 Å². The number of benzene rings is 3. The number of hydrogen-bond acceptors (Lipinski definition) is 4. The summed E-state index contributed by atoms with van der Waals surface area (Å²) in [5.41, 5.74) is 0.584. The molecule has 152 valence electrons. The second-order valence-electron chi connectivity index (χ2n) is 6.63. The molecular weight excluding hydrogens is 416 g/mol. The molecule has 0 radical (unpaired) electrons. The molecule has 7 heteroatoms. The lowest BCUT2D eigenvalue weighted by Gasteiger charge is -2.26. The number of anilines is 1. The molecule has 0 spiro atoms. The number of nitrogens with zero attached hydrogens (tertiary/aromatic N) is 1. The molecule has 1 heterocycles. The van der Waals surface area contributed by atoms with Gasteiger partial charge in [-0.2, -0.15) is 0 Å². The van der Waals surface area contributed by atoms with E-state index in [9.17, 15) is 14.4 Å². The van der Waals surface area contributed by atoms with E-state index in [2.05, 4.69) is 11.2 Å². The highest BCUT2D eigenvalue weighted by Crippen LogP contribution is 2.32. The fraction of sp³-hybridized carbons (Fsp3) is 0.0417. The molecule has 0 atom stereocenters. The third kappa shape index (κ3) is 3.87. The zero-order valence-corrected chi connectivity index (χ0v) is 16.8. The lowest BCUT2D eigenvalue weighted by molar-refractivity contribution is -0.122. The molecule has 0 unspecified atom stereocenters. The number of fused-ring (bicyclic) bond motifs is 1. The fourth-order valence-electron chi connectivity index (χ4n) is 3.30. The molecule has 1 fully saturated rings. The SMILES string of the molecule is C#CCOc1ccc2ccccc2c1/C=C1\C(=O)NC(=O)N(c2ccc(Cl)cc2)C1=O. The van der Waals surface area contributed by atoms with Crippen LogP contribution >= 0.6 is 11.6 Å². The summed E-state index contributed by atoms with van der Waals surface area (Å²) < 4.78 is 5.63. The Hall–Kier alpha value is -4.08. The van der Waals surface area contributed by atoms with E-state index in [1.54, 1.807) is 18.2 Å². The fourth-order valence-corrected chi connectivity index (χ4v) is 3.42. The smallest absolute Gasteiger partial charge is 0.335 e. The number of rotatable bonds is 4. The molecule has 0 aromatic heterocycles. The van der Waals surface area contributed by atoms with Gasteiger partial charge in [-0.1, -0.05) is 47.9 Å². The average molecular weight is 431 g/mol. The van der Waals surface area contributed by atoms with Crippen LogP contribution in [0, 0.1) is 12.3 Å². The molecule has 1 saturated heterocycles. The van der Waals surface area contributed by atoms with Crippen molar-refractivity contribution in [1.29, 1.82) is 0 Å². The van der Waals surface area contributed by atoms with Gasteiger partial charge in [0.1, 0.15) is 17.9 Å². The first-order valence-corrected chi connectivity index (χ1v) is 9.62. The maximum atomic E-state index is 13.2. The van der Waals surface area contributed by atoms with Crippen molar-refractivity contribution in [3.8, 4) is 18.1 Å². The van der Waals surface area contributed by atoms with Gasteiger partial charge in [-0.25, -0.2) is 9.69 Å². The van der Waals surface area contributed by atoms with Crippen LogP contribution in [0.3, 0.4) is 0 Å². The number of carbonyl (C=O) groups excluding carboxylic acids is 3. The quantitative estimate of drug-likeness (QED) is 0.383. The molecule has 0 saturated carbocycles. The van der Waals surface area contributed by atoms with Gasteiger partial charge in [0.15, 0.2) is 0 Å². The highest BCUT2D eigenvalue weighted by atomic mass is 35.5. The molecule has 31 heavy (non-hydrogen) atoms. The van der Waals surface area contributed by atoms with E-state index in [-0.39, 0.29) is 17.9 Å². The molecule has 3 aromatic rings. The maximum absolute atomic E-state index is 13.2. The zero-order chi connectivity index (χ0) is 22.0. The minimum Gasteiger partial charge on any atom is -0.480 e. The first kappa shape index (κ1) is 20.2. The first-order chi connectivity index (χ1) is 15.0. The van der Waals surface area contributed by atoms with Gasteiger partial charge in [0.25, 0.3) is 11.8 Å². The summed E-state index contributed by atoms with van der Waals surface area (Å²) in [6.45, 7) is 0.0179. The predicted molar refractivity (Wildman–Crippen MR) is 119 cm³/mol. The Morgan fingerprint density at radius 3 is 2.52 bits per heavy atom. The van der Waals surface area contributed by atoms with E-state index in [0.717, 1.165) is 15.7 Å². The van der Waals surface area contributed by atoms with Crippen LogP contribution in [-0.4, -0.2) is 24.5 Å². The van der Waals surface area contributed by atoms with Crippen molar-refractivity contribution < 1.29 is 19.1 Å². The summed E-state index contributed by atoms with van der Waals surface area (Å²) in [5, 5.41) is 4.31. The number of ether oxygens (including phenoxy) is 1. The lowest BCUT2D eigenvalue weighted by Crippen LogP contribution is -2.54. The molecule has 0 aliphatic carbocycles. The van der Waals surface area contributed by atoms with Gasteiger partial charge in [0, 0.05) is 10.6 Å². The molecule has 1 aliphatic rings. The van der Waals surface area contributed by atoms with E-state index in [0.29, 0.717) is 16.3 Å². The Morgan fingerprint density at radius 1 is 1.03 bits per heavy atom. The number of hydrogen-bond donors (Lipinski definition) is 1. The third-order valence-electron chi connectivity index (χ3n) is 4.72. The second kappa shape index (κ2) is 8.34. The number of carbonyl (C=O) groups is 3. The van der Waals surface area contributed by atoms with Gasteiger partial charge in [-0.15, -0.1) is 6.42 Å². The predicted octanol–water partition coefficient (Wildman–Crippen LogP) is 4.17. The van der Waals surface area contributed by atoms with Gasteiger partial charge < -0.3 is 4.74 Å². The number of imide groups is 2. The third-order valence-corrected chi connectivity index (χ3v) is 4.97. The Bertz CT molecular complexity index is 1290. The van der Waals surface area contributed by atoms with Crippen molar-refractivity contribution >= 4 is 52.0 Å². The van der Waals surface area contributed by atoms with Crippen molar-refractivity contribution in [2.45, 2.75) is 0 Å². The average Bonchev–Trinajstić information content (AvgIpc) is 2.76. The van der Waals surface area contributed by atoms with Gasteiger partial charge >= 0.3 is 6.03 Å². The van der Waals surface area contributed by atoms with Crippen molar-refractivity contribution in [3.63, 3.8) is 0 Å². The van der Waals surface area contributed by atoms with E-state index >= 15 is 0 Å². The molecular formula is C24H15ClN2O4. The molecule has 4 amide bonds. The van der Waals surface area contributed by atoms with E-state index < -0.39 is 17.8 Å². The van der Waals surface area contributed by atoms with Crippen molar-refractivity contribution in [1.82, 2.24) is 5.32 Å². The molecule has 4 rings (SSSR count). The van der Waals surface area contributed by atoms with Gasteiger partial charge in [0.05, 0.1) is 5.69 Å². The van der Waals surface area contributed by atoms with E-state index in [1.807, 2.05) is 30.3 Å². The molecule has 0 bridgehead atoms. The topological polar surface area (TPSA) is 75.7 Å². The van der Waals surface area contributed by atoms with Gasteiger partial charge in [-0.3, -0.25) is 14.9 Å². The number of amides is 4. The van der Waals surface area contributed by atoms with Crippen molar-refractivity contribution in [2.24, 2.45) is 0 Å². The van der Waals surface area contributed by atoms with Crippen LogP contribution in [-0.2, 0) is 9.59 Å². The largest absolute Gasteiger partial charge is 0.480 e. The number of halogens is 1. The normalized spacial score (nSPS) is 15.2. The monoisotopic (exact) mass is 430 g/mol. The first-order valence-electron chi connectivity index (χ1n) is 9.24. The van der Waals surface area contributed by atoms with Gasteiger partial charge in [0.2, 0.25) is 0 Å². The van der Waals surface area contributed by atoms with Crippen molar-refractivity contribution in [2.75, 3.05) is 11.5 Å². The molecule has 1 N–H and O–H groups in total. The van der Waals surface area contributed by atoms with Gasteiger partial charge in [-0.05, 0) is 47.2 Å². The summed E-state index contributed by atoms with van der Waals surface area (Å²) in [4.78, 5) is 39.0. The molecule has 3 aromatic carbocycles. The summed E-state index contributed by atoms with van der Waals surface area (Å²) >= 11 is 5.90. The highest BCUT2D eigenvalue weighted by molar-refractivity contribution is 6.39. The number of terminal acetylenes is 1. The Balaban J connectivity index is 1.85. The van der Waals surface area contributed by atoms with Crippen LogP contribution in [0.2, 0.25) is 5.02 Å². The Labute approximate surface area is 183 Å². The Kier molecular flexibility index (Phi) is 5.44. The second-order valence-corrected chi connectivity index (χ2v) is 7.06.